The number of hydrogen-bond donors (Lipinski definition) is 1. The van der Waals surface area contributed by atoms with Crippen LogP contribution < -0.4 is 10.2 Å². The normalized spacial score (nSPS) is 20.1. The first-order valence-corrected chi connectivity index (χ1v) is 7.78. The molecule has 3 nitrogen and oxygen atoms in total. The van der Waals surface area contributed by atoms with Gasteiger partial charge < -0.3 is 10.2 Å². The van der Waals surface area contributed by atoms with Gasteiger partial charge in [-0.25, -0.2) is 4.98 Å². The Bertz CT molecular complexity index is 378. The maximum Gasteiger partial charge on any atom is 0.127 e. The van der Waals surface area contributed by atoms with Gasteiger partial charge in [-0.3, -0.25) is 0 Å². The molecule has 0 bridgehead atoms. The van der Waals surface area contributed by atoms with Crippen LogP contribution in [-0.4, -0.2) is 24.6 Å². The number of pyridine rings is 1. The van der Waals surface area contributed by atoms with Gasteiger partial charge in [-0.2, -0.15) is 0 Å². The van der Waals surface area contributed by atoms with E-state index >= 15 is 0 Å². The zero-order valence-corrected chi connectivity index (χ0v) is 12.4. The van der Waals surface area contributed by atoms with Crippen molar-refractivity contribution >= 4 is 11.5 Å². The van der Waals surface area contributed by atoms with E-state index in [0.29, 0.717) is 0 Å². The van der Waals surface area contributed by atoms with Crippen LogP contribution in [0.5, 0.6) is 0 Å². The van der Waals surface area contributed by atoms with Gasteiger partial charge in [0.1, 0.15) is 5.82 Å². The van der Waals surface area contributed by atoms with Crippen molar-refractivity contribution in [1.29, 1.82) is 0 Å². The highest BCUT2D eigenvalue weighted by Crippen LogP contribution is 2.26. The number of aromatic nitrogens is 1. The Labute approximate surface area is 117 Å². The van der Waals surface area contributed by atoms with Crippen LogP contribution in [0.1, 0.15) is 46.0 Å². The number of nitrogens with one attached hydrogen (secondary N) is 1. The average molecular weight is 261 g/mol. The van der Waals surface area contributed by atoms with Gasteiger partial charge in [0.2, 0.25) is 0 Å². The third-order valence-electron chi connectivity index (χ3n) is 4.01. The summed E-state index contributed by atoms with van der Waals surface area (Å²) >= 11 is 0. The van der Waals surface area contributed by atoms with Crippen molar-refractivity contribution in [3.8, 4) is 0 Å². The van der Waals surface area contributed by atoms with E-state index in [4.69, 9.17) is 0 Å². The summed E-state index contributed by atoms with van der Waals surface area (Å²) in [6.07, 6.45) is 8.70. The molecule has 0 radical (unpaired) electrons. The Balaban J connectivity index is 1.99. The molecule has 0 aromatic carbocycles. The summed E-state index contributed by atoms with van der Waals surface area (Å²) < 4.78 is 0. The van der Waals surface area contributed by atoms with Crippen LogP contribution in [-0.2, 0) is 0 Å². The summed E-state index contributed by atoms with van der Waals surface area (Å²) in [5.41, 5.74) is 1.32. The second kappa shape index (κ2) is 7.37. The Kier molecular flexibility index (Phi) is 5.49. The third kappa shape index (κ3) is 4.12. The molecule has 0 saturated carbocycles. The molecule has 2 heterocycles. The fourth-order valence-corrected chi connectivity index (χ4v) is 3.01. The van der Waals surface area contributed by atoms with E-state index in [0.717, 1.165) is 18.3 Å². The Morgan fingerprint density at radius 3 is 3.00 bits per heavy atom. The zero-order valence-electron chi connectivity index (χ0n) is 12.4. The number of anilines is 2. The lowest BCUT2D eigenvalue weighted by Gasteiger charge is -2.23. The van der Waals surface area contributed by atoms with Gasteiger partial charge in [0, 0.05) is 37.6 Å². The first kappa shape index (κ1) is 14.2. The summed E-state index contributed by atoms with van der Waals surface area (Å²) in [7, 11) is 0. The molecule has 1 aromatic rings. The van der Waals surface area contributed by atoms with E-state index in [1.54, 1.807) is 0 Å². The molecule has 1 atom stereocenters. The van der Waals surface area contributed by atoms with Crippen LogP contribution >= 0.6 is 0 Å². The molecule has 1 unspecified atom stereocenters. The van der Waals surface area contributed by atoms with Crippen molar-refractivity contribution in [3.63, 3.8) is 0 Å². The van der Waals surface area contributed by atoms with Crippen molar-refractivity contribution in [2.24, 2.45) is 5.92 Å². The zero-order chi connectivity index (χ0) is 13.5. The van der Waals surface area contributed by atoms with Crippen molar-refractivity contribution in [2.45, 2.75) is 46.0 Å². The monoisotopic (exact) mass is 261 g/mol. The standard InChI is InChI=1S/C16H27N3/c1-3-6-14-7-5-11-19(12-9-14)15-8-10-18-16(13-15)17-4-2/h8,10,13-14H,3-7,9,11-12H2,1-2H3,(H,17,18). The summed E-state index contributed by atoms with van der Waals surface area (Å²) in [4.78, 5) is 6.88. The molecule has 3 heteroatoms. The average Bonchev–Trinajstić information content (AvgIpc) is 2.66. The molecule has 1 aromatic heterocycles. The molecule has 0 aliphatic carbocycles. The molecule has 1 aliphatic heterocycles. The molecule has 1 saturated heterocycles. The van der Waals surface area contributed by atoms with Crippen LogP contribution in [0.3, 0.4) is 0 Å². The molecule has 0 amide bonds. The van der Waals surface area contributed by atoms with Crippen LogP contribution in [0.25, 0.3) is 0 Å². The summed E-state index contributed by atoms with van der Waals surface area (Å²) in [5, 5.41) is 3.29. The number of nitrogens with zero attached hydrogens (tertiary/aromatic N) is 2. The van der Waals surface area contributed by atoms with E-state index in [1.165, 1.54) is 50.9 Å². The first-order chi connectivity index (χ1) is 9.33. The molecule has 0 spiro atoms. The summed E-state index contributed by atoms with van der Waals surface area (Å²) in [5.74, 6) is 1.93. The minimum absolute atomic E-state index is 0.926. The Morgan fingerprint density at radius 2 is 2.21 bits per heavy atom. The maximum atomic E-state index is 4.35. The van der Waals surface area contributed by atoms with Gasteiger partial charge in [-0.15, -0.1) is 0 Å². The highest BCUT2D eigenvalue weighted by atomic mass is 15.1. The van der Waals surface area contributed by atoms with Crippen LogP contribution in [0.4, 0.5) is 11.5 Å². The predicted octanol–water partition coefficient (Wildman–Crippen LogP) is 3.92. The summed E-state index contributed by atoms with van der Waals surface area (Å²) in [6.45, 7) is 7.72. The molecule has 106 valence electrons. The lowest BCUT2D eigenvalue weighted by atomic mass is 9.96. The fourth-order valence-electron chi connectivity index (χ4n) is 3.01. The van der Waals surface area contributed by atoms with Crippen molar-refractivity contribution in [2.75, 3.05) is 29.9 Å². The second-order valence-corrected chi connectivity index (χ2v) is 5.50. The number of hydrogen-bond acceptors (Lipinski definition) is 3. The van der Waals surface area contributed by atoms with Gasteiger partial charge in [-0.05, 0) is 38.2 Å². The van der Waals surface area contributed by atoms with Gasteiger partial charge in [-0.1, -0.05) is 19.8 Å². The quantitative estimate of drug-likeness (QED) is 0.870. The van der Waals surface area contributed by atoms with E-state index in [-0.39, 0.29) is 0 Å². The van der Waals surface area contributed by atoms with E-state index in [1.807, 2.05) is 6.20 Å². The lowest BCUT2D eigenvalue weighted by molar-refractivity contribution is 0.435. The van der Waals surface area contributed by atoms with Gasteiger partial charge in [0.25, 0.3) is 0 Å². The lowest BCUT2D eigenvalue weighted by Crippen LogP contribution is -2.24. The molecule has 19 heavy (non-hydrogen) atoms. The van der Waals surface area contributed by atoms with Crippen molar-refractivity contribution in [1.82, 2.24) is 4.98 Å². The fraction of sp³-hybridized carbons (Fsp3) is 0.688. The SMILES string of the molecule is CCCC1CCCN(c2ccnc(NCC)c2)CC1. The van der Waals surface area contributed by atoms with Crippen molar-refractivity contribution < 1.29 is 0 Å². The number of rotatable bonds is 5. The molecular weight excluding hydrogens is 234 g/mol. The molecule has 1 fully saturated rings. The Hall–Kier alpha value is -1.25. The van der Waals surface area contributed by atoms with Gasteiger partial charge >= 0.3 is 0 Å². The largest absolute Gasteiger partial charge is 0.371 e. The maximum absolute atomic E-state index is 4.35. The first-order valence-electron chi connectivity index (χ1n) is 7.78. The van der Waals surface area contributed by atoms with E-state index < -0.39 is 0 Å². The molecular formula is C16H27N3. The molecule has 1 aliphatic rings. The second-order valence-electron chi connectivity index (χ2n) is 5.50. The molecule has 2 rings (SSSR count). The highest BCUT2D eigenvalue weighted by Gasteiger charge is 2.16. The van der Waals surface area contributed by atoms with Crippen LogP contribution in [0.2, 0.25) is 0 Å². The van der Waals surface area contributed by atoms with Gasteiger partial charge in [0.15, 0.2) is 0 Å². The Morgan fingerprint density at radius 1 is 1.32 bits per heavy atom. The minimum Gasteiger partial charge on any atom is -0.371 e. The third-order valence-corrected chi connectivity index (χ3v) is 4.01. The summed E-state index contributed by atoms with van der Waals surface area (Å²) in [6, 6.07) is 4.32. The predicted molar refractivity (Wildman–Crippen MR) is 82.9 cm³/mol. The highest BCUT2D eigenvalue weighted by molar-refractivity contribution is 5.53. The molecule has 1 N–H and O–H groups in total. The van der Waals surface area contributed by atoms with Crippen LogP contribution in [0, 0.1) is 5.92 Å². The smallest absolute Gasteiger partial charge is 0.127 e. The van der Waals surface area contributed by atoms with Crippen molar-refractivity contribution in [3.05, 3.63) is 18.3 Å². The van der Waals surface area contributed by atoms with Crippen LogP contribution in [0.15, 0.2) is 18.3 Å². The minimum atomic E-state index is 0.926. The van der Waals surface area contributed by atoms with E-state index in [2.05, 4.69) is 41.2 Å². The van der Waals surface area contributed by atoms with E-state index in [9.17, 15) is 0 Å². The topological polar surface area (TPSA) is 28.2 Å². The van der Waals surface area contributed by atoms with Gasteiger partial charge in [0.05, 0.1) is 0 Å².